The van der Waals surface area contributed by atoms with Crippen molar-refractivity contribution in [3.05, 3.63) is 65.2 Å². The highest BCUT2D eigenvalue weighted by Crippen LogP contribution is 2.19. The highest BCUT2D eigenvalue weighted by atomic mass is 16.2. The number of piperidine rings is 1. The SMILES string of the molecule is CC(=O)c1cccc(NC(=O)c2cccc(C(=O)N3CCCC(C)C3)c2)c1. The molecule has 2 amide bonds. The number of hydrogen-bond acceptors (Lipinski definition) is 3. The van der Waals surface area contributed by atoms with E-state index in [0.29, 0.717) is 28.3 Å². The summed E-state index contributed by atoms with van der Waals surface area (Å²) in [7, 11) is 0. The van der Waals surface area contributed by atoms with Crippen molar-refractivity contribution in [2.24, 2.45) is 5.92 Å². The van der Waals surface area contributed by atoms with Gasteiger partial charge in [-0.15, -0.1) is 0 Å². The monoisotopic (exact) mass is 364 g/mol. The van der Waals surface area contributed by atoms with Gasteiger partial charge in [-0.3, -0.25) is 14.4 Å². The lowest BCUT2D eigenvalue weighted by Gasteiger charge is -2.31. The Morgan fingerprint density at radius 1 is 1.00 bits per heavy atom. The predicted molar refractivity (Wildman–Crippen MR) is 105 cm³/mol. The van der Waals surface area contributed by atoms with Crippen molar-refractivity contribution in [1.82, 2.24) is 4.90 Å². The van der Waals surface area contributed by atoms with E-state index in [-0.39, 0.29) is 17.6 Å². The lowest BCUT2D eigenvalue weighted by atomic mass is 9.99. The van der Waals surface area contributed by atoms with Crippen LogP contribution in [0.4, 0.5) is 5.69 Å². The van der Waals surface area contributed by atoms with Crippen molar-refractivity contribution in [1.29, 1.82) is 0 Å². The van der Waals surface area contributed by atoms with E-state index in [4.69, 9.17) is 0 Å². The first-order valence-corrected chi connectivity index (χ1v) is 9.26. The molecule has 5 nitrogen and oxygen atoms in total. The molecule has 27 heavy (non-hydrogen) atoms. The molecule has 3 rings (SSSR count). The molecule has 140 valence electrons. The van der Waals surface area contributed by atoms with Crippen LogP contribution in [0, 0.1) is 5.92 Å². The van der Waals surface area contributed by atoms with Crippen molar-refractivity contribution >= 4 is 23.3 Å². The molecule has 0 bridgehead atoms. The Morgan fingerprint density at radius 2 is 1.70 bits per heavy atom. The van der Waals surface area contributed by atoms with Gasteiger partial charge in [-0.05, 0) is 56.0 Å². The Bertz CT molecular complexity index is 875. The molecular weight excluding hydrogens is 340 g/mol. The van der Waals surface area contributed by atoms with Crippen LogP contribution in [-0.4, -0.2) is 35.6 Å². The molecule has 0 spiro atoms. The number of ketones is 1. The van der Waals surface area contributed by atoms with Gasteiger partial charge in [0.25, 0.3) is 11.8 Å². The second-order valence-corrected chi connectivity index (χ2v) is 7.17. The standard InChI is InChI=1S/C22H24N2O3/c1-15-6-5-11-24(14-15)22(27)19-9-3-8-18(12-19)21(26)23-20-10-4-7-17(13-20)16(2)25/h3-4,7-10,12-13,15H,5-6,11,14H2,1-2H3,(H,23,26). The van der Waals surface area contributed by atoms with Gasteiger partial charge < -0.3 is 10.2 Å². The van der Waals surface area contributed by atoms with Crippen molar-refractivity contribution in [2.45, 2.75) is 26.7 Å². The van der Waals surface area contributed by atoms with Crippen LogP contribution in [0.15, 0.2) is 48.5 Å². The minimum absolute atomic E-state index is 0.0326. The average Bonchev–Trinajstić information content (AvgIpc) is 2.67. The van der Waals surface area contributed by atoms with Gasteiger partial charge in [0.15, 0.2) is 5.78 Å². The molecule has 1 aliphatic heterocycles. The van der Waals surface area contributed by atoms with E-state index < -0.39 is 0 Å². The van der Waals surface area contributed by atoms with E-state index in [9.17, 15) is 14.4 Å². The molecule has 0 saturated carbocycles. The molecule has 0 radical (unpaired) electrons. The second-order valence-electron chi connectivity index (χ2n) is 7.17. The third-order valence-corrected chi connectivity index (χ3v) is 4.84. The van der Waals surface area contributed by atoms with Crippen LogP contribution in [0.5, 0.6) is 0 Å². The first-order chi connectivity index (χ1) is 12.9. The van der Waals surface area contributed by atoms with Crippen LogP contribution in [0.3, 0.4) is 0 Å². The zero-order chi connectivity index (χ0) is 19.4. The predicted octanol–water partition coefficient (Wildman–Crippen LogP) is 4.01. The van der Waals surface area contributed by atoms with Crippen LogP contribution in [0.2, 0.25) is 0 Å². The van der Waals surface area contributed by atoms with Gasteiger partial charge in [0.1, 0.15) is 0 Å². The van der Waals surface area contributed by atoms with Crippen molar-refractivity contribution < 1.29 is 14.4 Å². The Balaban J connectivity index is 1.74. The van der Waals surface area contributed by atoms with Crippen LogP contribution < -0.4 is 5.32 Å². The Hall–Kier alpha value is -2.95. The lowest BCUT2D eigenvalue weighted by Crippen LogP contribution is -2.39. The van der Waals surface area contributed by atoms with Gasteiger partial charge in [0.05, 0.1) is 0 Å². The number of rotatable bonds is 4. The largest absolute Gasteiger partial charge is 0.338 e. The maximum atomic E-state index is 12.8. The van der Waals surface area contributed by atoms with E-state index >= 15 is 0 Å². The molecule has 1 saturated heterocycles. The number of hydrogen-bond donors (Lipinski definition) is 1. The molecular formula is C22H24N2O3. The summed E-state index contributed by atoms with van der Waals surface area (Å²) in [5.74, 6) is 0.101. The number of amides is 2. The van der Waals surface area contributed by atoms with E-state index in [2.05, 4.69) is 12.2 Å². The van der Waals surface area contributed by atoms with Crippen LogP contribution in [-0.2, 0) is 0 Å². The highest BCUT2D eigenvalue weighted by molar-refractivity contribution is 6.06. The number of carbonyl (C=O) groups is 3. The fraction of sp³-hybridized carbons (Fsp3) is 0.318. The molecule has 5 heteroatoms. The normalized spacial score (nSPS) is 16.7. The Kier molecular flexibility index (Phi) is 5.69. The minimum Gasteiger partial charge on any atom is -0.338 e. The van der Waals surface area contributed by atoms with E-state index in [1.165, 1.54) is 6.92 Å². The number of nitrogens with zero attached hydrogens (tertiary/aromatic N) is 1. The third-order valence-electron chi connectivity index (χ3n) is 4.84. The summed E-state index contributed by atoms with van der Waals surface area (Å²) in [6.07, 6.45) is 2.16. The fourth-order valence-corrected chi connectivity index (χ4v) is 3.37. The molecule has 2 aromatic rings. The number of benzene rings is 2. The van der Waals surface area contributed by atoms with Crippen molar-refractivity contribution in [2.75, 3.05) is 18.4 Å². The van der Waals surface area contributed by atoms with Gasteiger partial charge in [0, 0.05) is 35.5 Å². The van der Waals surface area contributed by atoms with Crippen molar-refractivity contribution in [3.63, 3.8) is 0 Å². The summed E-state index contributed by atoms with van der Waals surface area (Å²) in [6, 6.07) is 13.6. The number of anilines is 1. The van der Waals surface area contributed by atoms with Crippen molar-refractivity contribution in [3.8, 4) is 0 Å². The summed E-state index contributed by atoms with van der Waals surface area (Å²) in [6.45, 7) is 5.15. The second kappa shape index (κ2) is 8.16. The number of Topliss-reactive ketones (excluding diaryl/α,β-unsaturated/α-hetero) is 1. The molecule has 1 aliphatic rings. The highest BCUT2D eigenvalue weighted by Gasteiger charge is 2.22. The van der Waals surface area contributed by atoms with Crippen LogP contribution in [0.25, 0.3) is 0 Å². The number of carbonyl (C=O) groups excluding carboxylic acids is 3. The molecule has 0 aliphatic carbocycles. The zero-order valence-electron chi connectivity index (χ0n) is 15.7. The first-order valence-electron chi connectivity index (χ1n) is 9.26. The molecule has 1 atom stereocenters. The van der Waals surface area contributed by atoms with E-state index in [1.54, 1.807) is 48.5 Å². The maximum Gasteiger partial charge on any atom is 0.255 e. The van der Waals surface area contributed by atoms with Gasteiger partial charge in [-0.2, -0.15) is 0 Å². The molecule has 1 heterocycles. The third kappa shape index (κ3) is 4.61. The summed E-state index contributed by atoms with van der Waals surface area (Å²) < 4.78 is 0. The average molecular weight is 364 g/mol. The van der Waals surface area contributed by atoms with Gasteiger partial charge in [-0.1, -0.05) is 25.1 Å². The summed E-state index contributed by atoms with van der Waals surface area (Å²) in [5.41, 5.74) is 2.03. The quantitative estimate of drug-likeness (QED) is 0.834. The zero-order valence-corrected chi connectivity index (χ0v) is 15.7. The Labute approximate surface area is 159 Å². The smallest absolute Gasteiger partial charge is 0.255 e. The number of likely N-dealkylation sites (tertiary alicyclic amines) is 1. The van der Waals surface area contributed by atoms with Gasteiger partial charge in [-0.25, -0.2) is 0 Å². The van der Waals surface area contributed by atoms with Gasteiger partial charge in [0.2, 0.25) is 0 Å². The molecule has 2 aromatic carbocycles. The first kappa shape index (κ1) is 18.8. The summed E-state index contributed by atoms with van der Waals surface area (Å²) in [5, 5.41) is 2.79. The topological polar surface area (TPSA) is 66.5 Å². The van der Waals surface area contributed by atoms with Gasteiger partial charge >= 0.3 is 0 Å². The minimum atomic E-state index is -0.308. The maximum absolute atomic E-state index is 12.8. The molecule has 1 fully saturated rings. The summed E-state index contributed by atoms with van der Waals surface area (Å²) >= 11 is 0. The molecule has 1 N–H and O–H groups in total. The van der Waals surface area contributed by atoms with Crippen LogP contribution in [0.1, 0.15) is 57.8 Å². The summed E-state index contributed by atoms with van der Waals surface area (Å²) in [4.78, 5) is 38.7. The Morgan fingerprint density at radius 3 is 2.44 bits per heavy atom. The van der Waals surface area contributed by atoms with E-state index in [0.717, 1.165) is 25.9 Å². The number of nitrogens with one attached hydrogen (secondary N) is 1. The van der Waals surface area contributed by atoms with Crippen LogP contribution >= 0.6 is 0 Å². The lowest BCUT2D eigenvalue weighted by molar-refractivity contribution is 0.0683. The molecule has 0 aromatic heterocycles. The fourth-order valence-electron chi connectivity index (χ4n) is 3.37. The van der Waals surface area contributed by atoms with E-state index in [1.807, 2.05) is 4.90 Å². The molecule has 1 unspecified atom stereocenters.